The fourth-order valence-corrected chi connectivity index (χ4v) is 2.55. The number of carbonyl (C=O) groups excluding carboxylic acids is 1. The summed E-state index contributed by atoms with van der Waals surface area (Å²) in [6, 6.07) is 12.6. The third-order valence-corrected chi connectivity index (χ3v) is 3.96. The summed E-state index contributed by atoms with van der Waals surface area (Å²) in [6.07, 6.45) is 1.68. The van der Waals surface area contributed by atoms with Gasteiger partial charge in [0.2, 0.25) is 0 Å². The van der Waals surface area contributed by atoms with E-state index in [0.717, 1.165) is 4.47 Å². The normalized spacial score (nSPS) is 10.6. The van der Waals surface area contributed by atoms with Crippen molar-refractivity contribution >= 4 is 33.5 Å². The van der Waals surface area contributed by atoms with Crippen LogP contribution in [0.25, 0.3) is 17.1 Å². The van der Waals surface area contributed by atoms with Crippen LogP contribution in [0.2, 0.25) is 5.02 Å². The average molecular weight is 393 g/mol. The molecule has 0 N–H and O–H groups in total. The summed E-state index contributed by atoms with van der Waals surface area (Å²) in [5.41, 5.74) is 2.15. The predicted octanol–water partition coefficient (Wildman–Crippen LogP) is 4.14. The molecule has 0 saturated heterocycles. The van der Waals surface area contributed by atoms with Crippen LogP contribution in [0.3, 0.4) is 0 Å². The average Bonchev–Trinajstić information content (AvgIpc) is 3.00. The van der Waals surface area contributed by atoms with E-state index in [-0.39, 0.29) is 5.69 Å². The zero-order valence-corrected chi connectivity index (χ0v) is 14.4. The Morgan fingerprint density at radius 1 is 1.26 bits per heavy atom. The van der Waals surface area contributed by atoms with E-state index in [1.165, 1.54) is 7.11 Å². The van der Waals surface area contributed by atoms with Gasteiger partial charge in [-0.1, -0.05) is 23.7 Å². The molecule has 1 aromatic carbocycles. The Kier molecular flexibility index (Phi) is 4.45. The summed E-state index contributed by atoms with van der Waals surface area (Å²) < 4.78 is 7.20. The summed E-state index contributed by atoms with van der Waals surface area (Å²) in [5.74, 6) is -0.519. The van der Waals surface area contributed by atoms with Crippen molar-refractivity contribution in [2.75, 3.05) is 7.11 Å². The van der Waals surface area contributed by atoms with Gasteiger partial charge in [-0.15, -0.1) is 0 Å². The Hall–Kier alpha value is -2.18. The maximum absolute atomic E-state index is 11.8. The lowest BCUT2D eigenvalue weighted by Crippen LogP contribution is -2.05. The van der Waals surface area contributed by atoms with Crippen molar-refractivity contribution < 1.29 is 9.53 Å². The Labute approximate surface area is 146 Å². The molecule has 0 amide bonds. The van der Waals surface area contributed by atoms with Crippen LogP contribution in [-0.4, -0.2) is 27.8 Å². The zero-order chi connectivity index (χ0) is 16.4. The van der Waals surface area contributed by atoms with Crippen molar-refractivity contribution in [3.8, 4) is 17.1 Å². The lowest BCUT2D eigenvalue weighted by atomic mass is 10.2. The number of methoxy groups -OCH3 is 1. The minimum Gasteiger partial charge on any atom is -0.464 e. The van der Waals surface area contributed by atoms with Crippen molar-refractivity contribution in [3.05, 3.63) is 63.9 Å². The second kappa shape index (κ2) is 6.52. The largest absolute Gasteiger partial charge is 0.464 e. The molecular weight excluding hydrogens is 382 g/mol. The van der Waals surface area contributed by atoms with Gasteiger partial charge in [0.25, 0.3) is 0 Å². The minimum atomic E-state index is -0.519. The maximum atomic E-state index is 11.8. The Balaban J connectivity index is 2.21. The number of esters is 1. The van der Waals surface area contributed by atoms with Crippen LogP contribution in [-0.2, 0) is 4.74 Å². The molecule has 0 aliphatic rings. The molecule has 0 unspecified atom stereocenters. The SMILES string of the molecule is COC(=O)c1cc(-c2ccc(Br)cn2)n(-c2ccccc2Cl)n1. The Morgan fingerprint density at radius 3 is 2.70 bits per heavy atom. The molecule has 0 aliphatic carbocycles. The van der Waals surface area contributed by atoms with Gasteiger partial charge >= 0.3 is 5.97 Å². The lowest BCUT2D eigenvalue weighted by molar-refractivity contribution is 0.0593. The quantitative estimate of drug-likeness (QED) is 0.629. The van der Waals surface area contributed by atoms with E-state index >= 15 is 0 Å². The molecule has 2 aromatic heterocycles. The van der Waals surface area contributed by atoms with Crippen LogP contribution in [0.15, 0.2) is 53.1 Å². The summed E-state index contributed by atoms with van der Waals surface area (Å²) in [4.78, 5) is 16.2. The maximum Gasteiger partial charge on any atom is 0.358 e. The highest BCUT2D eigenvalue weighted by Gasteiger charge is 2.19. The first-order chi connectivity index (χ1) is 11.1. The van der Waals surface area contributed by atoms with Gasteiger partial charge in [-0.3, -0.25) is 4.98 Å². The number of nitrogens with zero attached hydrogens (tertiary/aromatic N) is 3. The molecular formula is C16H11BrClN3O2. The molecule has 3 rings (SSSR count). The fourth-order valence-electron chi connectivity index (χ4n) is 2.10. The number of para-hydroxylation sites is 1. The van der Waals surface area contributed by atoms with Crippen LogP contribution in [0.1, 0.15) is 10.5 Å². The van der Waals surface area contributed by atoms with Crippen molar-refractivity contribution in [2.24, 2.45) is 0 Å². The Morgan fingerprint density at radius 2 is 2.04 bits per heavy atom. The van der Waals surface area contributed by atoms with Crippen LogP contribution in [0, 0.1) is 0 Å². The number of hydrogen-bond donors (Lipinski definition) is 0. The van der Waals surface area contributed by atoms with E-state index in [0.29, 0.717) is 22.1 Å². The molecule has 5 nitrogen and oxygen atoms in total. The van der Waals surface area contributed by atoms with E-state index in [1.54, 1.807) is 23.0 Å². The second-order valence-corrected chi connectivity index (χ2v) is 5.95. The van der Waals surface area contributed by atoms with Crippen molar-refractivity contribution in [1.29, 1.82) is 0 Å². The third-order valence-electron chi connectivity index (χ3n) is 3.17. The van der Waals surface area contributed by atoms with E-state index < -0.39 is 5.97 Å². The smallest absolute Gasteiger partial charge is 0.358 e. The highest BCUT2D eigenvalue weighted by Crippen LogP contribution is 2.27. The Bertz CT molecular complexity index is 862. The molecule has 23 heavy (non-hydrogen) atoms. The van der Waals surface area contributed by atoms with E-state index in [1.807, 2.05) is 30.3 Å². The molecule has 7 heteroatoms. The summed E-state index contributed by atoms with van der Waals surface area (Å²) in [6.45, 7) is 0. The first kappa shape index (κ1) is 15.7. The monoisotopic (exact) mass is 391 g/mol. The molecule has 3 aromatic rings. The van der Waals surface area contributed by atoms with Crippen LogP contribution >= 0.6 is 27.5 Å². The standard InChI is InChI=1S/C16H11BrClN3O2/c1-23-16(22)13-8-15(12-7-6-10(17)9-19-12)21(20-13)14-5-3-2-4-11(14)18/h2-9H,1H3. The molecule has 0 radical (unpaired) electrons. The summed E-state index contributed by atoms with van der Waals surface area (Å²) >= 11 is 9.61. The summed E-state index contributed by atoms with van der Waals surface area (Å²) in [7, 11) is 1.31. The number of pyridine rings is 1. The molecule has 0 saturated carbocycles. The van der Waals surface area contributed by atoms with Crippen molar-refractivity contribution in [2.45, 2.75) is 0 Å². The zero-order valence-electron chi connectivity index (χ0n) is 12.0. The highest BCUT2D eigenvalue weighted by molar-refractivity contribution is 9.10. The number of rotatable bonds is 3. The minimum absolute atomic E-state index is 0.187. The van der Waals surface area contributed by atoms with E-state index in [2.05, 4.69) is 26.0 Å². The van der Waals surface area contributed by atoms with Crippen molar-refractivity contribution in [1.82, 2.24) is 14.8 Å². The number of halogens is 2. The molecule has 0 bridgehead atoms. The summed E-state index contributed by atoms with van der Waals surface area (Å²) in [5, 5.41) is 4.84. The number of ether oxygens (including phenoxy) is 1. The highest BCUT2D eigenvalue weighted by atomic mass is 79.9. The second-order valence-electron chi connectivity index (χ2n) is 4.63. The lowest BCUT2D eigenvalue weighted by Gasteiger charge is -2.08. The van der Waals surface area contributed by atoms with Gasteiger partial charge in [0, 0.05) is 16.7 Å². The first-order valence-corrected chi connectivity index (χ1v) is 7.82. The predicted molar refractivity (Wildman–Crippen MR) is 90.8 cm³/mol. The number of carbonyl (C=O) groups is 1. The molecule has 0 aliphatic heterocycles. The molecule has 0 fully saturated rings. The van der Waals surface area contributed by atoms with Crippen LogP contribution in [0.5, 0.6) is 0 Å². The van der Waals surface area contributed by atoms with Crippen molar-refractivity contribution in [3.63, 3.8) is 0 Å². The topological polar surface area (TPSA) is 57.0 Å². The van der Waals surface area contributed by atoms with Gasteiger partial charge in [0.05, 0.1) is 29.2 Å². The fraction of sp³-hybridized carbons (Fsp3) is 0.0625. The first-order valence-electron chi connectivity index (χ1n) is 6.65. The molecule has 116 valence electrons. The van der Waals surface area contributed by atoms with Gasteiger partial charge in [-0.05, 0) is 40.2 Å². The van der Waals surface area contributed by atoms with Gasteiger partial charge in [-0.2, -0.15) is 5.10 Å². The van der Waals surface area contributed by atoms with E-state index in [4.69, 9.17) is 16.3 Å². The van der Waals surface area contributed by atoms with Gasteiger partial charge in [-0.25, -0.2) is 9.48 Å². The number of hydrogen-bond acceptors (Lipinski definition) is 4. The van der Waals surface area contributed by atoms with E-state index in [9.17, 15) is 4.79 Å². The third kappa shape index (κ3) is 3.13. The molecule has 0 atom stereocenters. The molecule has 2 heterocycles. The van der Waals surface area contributed by atoms with Crippen LogP contribution in [0.4, 0.5) is 0 Å². The van der Waals surface area contributed by atoms with Gasteiger partial charge < -0.3 is 4.74 Å². The number of benzene rings is 1. The van der Waals surface area contributed by atoms with Crippen LogP contribution < -0.4 is 0 Å². The number of aromatic nitrogens is 3. The van der Waals surface area contributed by atoms with Gasteiger partial charge in [0.1, 0.15) is 0 Å². The molecule has 0 spiro atoms. The van der Waals surface area contributed by atoms with Gasteiger partial charge in [0.15, 0.2) is 5.69 Å².